The summed E-state index contributed by atoms with van der Waals surface area (Å²) in [6.07, 6.45) is 3.57. The number of hydrogen-bond donors (Lipinski definition) is 1. The Morgan fingerprint density at radius 3 is 3.00 bits per heavy atom. The van der Waals surface area contributed by atoms with Crippen molar-refractivity contribution < 1.29 is 9.90 Å². The second-order valence-corrected chi connectivity index (χ2v) is 4.63. The van der Waals surface area contributed by atoms with Crippen LogP contribution in [0.5, 0.6) is 0 Å². The predicted molar refractivity (Wildman–Crippen MR) is 51.3 cm³/mol. The number of aryl methyl sites for hydroxylation is 1. The van der Waals surface area contributed by atoms with Crippen molar-refractivity contribution in [3.05, 3.63) is 17.7 Å². The smallest absolute Gasteiger partial charge is 0.356 e. The second kappa shape index (κ2) is 2.83. The van der Waals surface area contributed by atoms with Crippen molar-refractivity contribution in [2.75, 3.05) is 0 Å². The van der Waals surface area contributed by atoms with Crippen molar-refractivity contribution in [3.8, 4) is 0 Å². The van der Waals surface area contributed by atoms with Crippen LogP contribution in [0, 0.1) is 5.41 Å². The van der Waals surface area contributed by atoms with Crippen LogP contribution in [-0.4, -0.2) is 20.6 Å². The molecule has 0 aliphatic carbocycles. The van der Waals surface area contributed by atoms with Crippen LogP contribution in [0.3, 0.4) is 0 Å². The Kier molecular flexibility index (Phi) is 1.87. The van der Waals surface area contributed by atoms with Gasteiger partial charge in [-0.3, -0.25) is 0 Å². The zero-order chi connectivity index (χ0) is 10.3. The standard InChI is InChI=1S/C10H14N2O2/c1-10(2)3-4-12-6-7(9(13)14)11-8(12)5-10/h6H,3-5H2,1-2H3,(H,13,14). The lowest BCUT2D eigenvalue weighted by Gasteiger charge is -2.29. The molecule has 0 saturated carbocycles. The van der Waals surface area contributed by atoms with Crippen molar-refractivity contribution >= 4 is 5.97 Å². The first kappa shape index (κ1) is 9.24. The monoisotopic (exact) mass is 194 g/mol. The first-order valence-corrected chi connectivity index (χ1v) is 4.77. The van der Waals surface area contributed by atoms with E-state index in [0.29, 0.717) is 0 Å². The maximum atomic E-state index is 10.7. The molecule has 4 heteroatoms. The van der Waals surface area contributed by atoms with E-state index in [-0.39, 0.29) is 11.1 Å². The molecule has 0 atom stereocenters. The van der Waals surface area contributed by atoms with Gasteiger partial charge < -0.3 is 9.67 Å². The Hall–Kier alpha value is -1.32. The number of aromatic nitrogens is 2. The van der Waals surface area contributed by atoms with Crippen LogP contribution < -0.4 is 0 Å². The molecular weight excluding hydrogens is 180 g/mol. The van der Waals surface area contributed by atoms with E-state index in [1.165, 1.54) is 0 Å². The summed E-state index contributed by atoms with van der Waals surface area (Å²) >= 11 is 0. The van der Waals surface area contributed by atoms with Crippen LogP contribution >= 0.6 is 0 Å². The second-order valence-electron chi connectivity index (χ2n) is 4.63. The van der Waals surface area contributed by atoms with Gasteiger partial charge in [-0.05, 0) is 11.8 Å². The van der Waals surface area contributed by atoms with E-state index in [1.54, 1.807) is 6.20 Å². The van der Waals surface area contributed by atoms with Gasteiger partial charge >= 0.3 is 5.97 Å². The molecule has 1 aliphatic heterocycles. The third-order valence-electron chi connectivity index (χ3n) is 2.74. The Balaban J connectivity index is 2.34. The fourth-order valence-electron chi connectivity index (χ4n) is 1.83. The number of aromatic carboxylic acids is 1. The Morgan fingerprint density at radius 2 is 2.36 bits per heavy atom. The van der Waals surface area contributed by atoms with Crippen molar-refractivity contribution in [1.29, 1.82) is 0 Å². The molecule has 4 nitrogen and oxygen atoms in total. The van der Waals surface area contributed by atoms with Crippen molar-refractivity contribution in [2.45, 2.75) is 33.2 Å². The fraction of sp³-hybridized carbons (Fsp3) is 0.600. The summed E-state index contributed by atoms with van der Waals surface area (Å²) in [5.41, 5.74) is 0.412. The molecule has 14 heavy (non-hydrogen) atoms. The first-order chi connectivity index (χ1) is 6.48. The summed E-state index contributed by atoms with van der Waals surface area (Å²) < 4.78 is 1.95. The highest BCUT2D eigenvalue weighted by Crippen LogP contribution is 2.30. The normalized spacial score (nSPS) is 19.0. The maximum absolute atomic E-state index is 10.7. The van der Waals surface area contributed by atoms with Crippen LogP contribution in [0.1, 0.15) is 36.6 Å². The minimum atomic E-state index is -0.940. The minimum Gasteiger partial charge on any atom is -0.476 e. The largest absolute Gasteiger partial charge is 0.476 e. The molecule has 76 valence electrons. The molecule has 0 unspecified atom stereocenters. The molecule has 0 saturated heterocycles. The average molecular weight is 194 g/mol. The quantitative estimate of drug-likeness (QED) is 0.738. The molecule has 0 amide bonds. The van der Waals surface area contributed by atoms with E-state index in [0.717, 1.165) is 25.2 Å². The zero-order valence-electron chi connectivity index (χ0n) is 8.45. The number of rotatable bonds is 1. The molecular formula is C10H14N2O2. The zero-order valence-corrected chi connectivity index (χ0v) is 8.45. The highest BCUT2D eigenvalue weighted by molar-refractivity contribution is 5.85. The summed E-state index contributed by atoms with van der Waals surface area (Å²) in [6, 6.07) is 0. The molecule has 0 radical (unpaired) electrons. The molecule has 2 heterocycles. The summed E-state index contributed by atoms with van der Waals surface area (Å²) in [6.45, 7) is 5.25. The van der Waals surface area contributed by atoms with Crippen molar-refractivity contribution in [1.82, 2.24) is 9.55 Å². The van der Waals surface area contributed by atoms with Gasteiger partial charge in [-0.25, -0.2) is 9.78 Å². The molecule has 1 aromatic heterocycles. The van der Waals surface area contributed by atoms with Gasteiger partial charge in [0.1, 0.15) is 5.82 Å². The molecule has 0 aromatic carbocycles. The van der Waals surface area contributed by atoms with Gasteiger partial charge in [-0.2, -0.15) is 0 Å². The number of imidazole rings is 1. The topological polar surface area (TPSA) is 55.1 Å². The van der Waals surface area contributed by atoms with Crippen LogP contribution in [-0.2, 0) is 13.0 Å². The lowest BCUT2D eigenvalue weighted by molar-refractivity contribution is 0.0691. The van der Waals surface area contributed by atoms with Crippen LogP contribution in [0.2, 0.25) is 0 Å². The third kappa shape index (κ3) is 1.52. The predicted octanol–water partition coefficient (Wildman–Crippen LogP) is 1.55. The van der Waals surface area contributed by atoms with Gasteiger partial charge in [0.25, 0.3) is 0 Å². The maximum Gasteiger partial charge on any atom is 0.356 e. The highest BCUT2D eigenvalue weighted by atomic mass is 16.4. The molecule has 0 fully saturated rings. The van der Waals surface area contributed by atoms with Gasteiger partial charge in [0, 0.05) is 19.2 Å². The van der Waals surface area contributed by atoms with Crippen LogP contribution in [0.4, 0.5) is 0 Å². The van der Waals surface area contributed by atoms with Gasteiger partial charge in [-0.15, -0.1) is 0 Å². The molecule has 0 spiro atoms. The molecule has 0 bridgehead atoms. The van der Waals surface area contributed by atoms with E-state index in [9.17, 15) is 4.79 Å². The Labute approximate surface area is 82.6 Å². The number of fused-ring (bicyclic) bond motifs is 1. The van der Waals surface area contributed by atoms with Crippen LogP contribution in [0.25, 0.3) is 0 Å². The first-order valence-electron chi connectivity index (χ1n) is 4.77. The average Bonchev–Trinajstić information content (AvgIpc) is 2.45. The van der Waals surface area contributed by atoms with Crippen molar-refractivity contribution in [2.24, 2.45) is 5.41 Å². The van der Waals surface area contributed by atoms with Crippen molar-refractivity contribution in [3.63, 3.8) is 0 Å². The summed E-state index contributed by atoms with van der Waals surface area (Å²) in [4.78, 5) is 14.8. The summed E-state index contributed by atoms with van der Waals surface area (Å²) in [7, 11) is 0. The number of carboxylic acids is 1. The lowest BCUT2D eigenvalue weighted by atomic mass is 9.83. The molecule has 1 aromatic rings. The van der Waals surface area contributed by atoms with Gasteiger partial charge in [0.15, 0.2) is 5.69 Å². The summed E-state index contributed by atoms with van der Waals surface area (Å²) in [5, 5.41) is 8.79. The highest BCUT2D eigenvalue weighted by Gasteiger charge is 2.27. The number of carbonyl (C=O) groups is 1. The van der Waals surface area contributed by atoms with Gasteiger partial charge in [0.05, 0.1) is 0 Å². The molecule has 1 N–H and O–H groups in total. The number of hydrogen-bond acceptors (Lipinski definition) is 2. The molecule has 2 rings (SSSR count). The fourth-order valence-corrected chi connectivity index (χ4v) is 1.83. The number of carboxylic acid groups (broad SMARTS) is 1. The third-order valence-corrected chi connectivity index (χ3v) is 2.74. The van der Waals surface area contributed by atoms with E-state index >= 15 is 0 Å². The van der Waals surface area contributed by atoms with E-state index in [4.69, 9.17) is 5.11 Å². The van der Waals surface area contributed by atoms with E-state index in [2.05, 4.69) is 18.8 Å². The van der Waals surface area contributed by atoms with Gasteiger partial charge in [0.2, 0.25) is 0 Å². The minimum absolute atomic E-state index is 0.165. The van der Waals surface area contributed by atoms with Crippen LogP contribution in [0.15, 0.2) is 6.20 Å². The van der Waals surface area contributed by atoms with Gasteiger partial charge in [-0.1, -0.05) is 13.8 Å². The molecule has 1 aliphatic rings. The van der Waals surface area contributed by atoms with E-state index < -0.39 is 5.97 Å². The Morgan fingerprint density at radius 1 is 1.64 bits per heavy atom. The lowest BCUT2D eigenvalue weighted by Crippen LogP contribution is -2.25. The Bertz CT molecular complexity index is 379. The summed E-state index contributed by atoms with van der Waals surface area (Å²) in [5.74, 6) is -0.0386. The van der Waals surface area contributed by atoms with E-state index in [1.807, 2.05) is 4.57 Å². The SMILES string of the molecule is CC1(C)CCn2cc(C(=O)O)nc2C1. The number of nitrogens with zero attached hydrogens (tertiary/aromatic N) is 2.